The second-order valence-corrected chi connectivity index (χ2v) is 5.96. The first-order valence-corrected chi connectivity index (χ1v) is 7.51. The Morgan fingerprint density at radius 2 is 2.15 bits per heavy atom. The largest absolute Gasteiger partial charge is 0.496 e. The standard InChI is InChI=1S/C16H23FN2O/c1-11(16-14(17)4-3-5-15(16)20-2)18-12-8-9-19(10-12)13-6-7-13/h3-5,11-13,18H,6-10H2,1-2H3. The van der Waals surface area contributed by atoms with E-state index in [0.29, 0.717) is 17.4 Å². The van der Waals surface area contributed by atoms with Gasteiger partial charge in [-0.1, -0.05) is 6.07 Å². The van der Waals surface area contributed by atoms with Gasteiger partial charge >= 0.3 is 0 Å². The monoisotopic (exact) mass is 278 g/mol. The summed E-state index contributed by atoms with van der Waals surface area (Å²) in [6.07, 6.45) is 3.85. The SMILES string of the molecule is COc1cccc(F)c1C(C)NC1CCN(C2CC2)C1. The van der Waals surface area contributed by atoms with Gasteiger partial charge in [-0.25, -0.2) is 4.39 Å². The van der Waals surface area contributed by atoms with E-state index >= 15 is 0 Å². The van der Waals surface area contributed by atoms with E-state index in [1.807, 2.05) is 13.0 Å². The molecule has 0 aromatic heterocycles. The van der Waals surface area contributed by atoms with Crippen molar-refractivity contribution >= 4 is 0 Å². The molecule has 0 spiro atoms. The van der Waals surface area contributed by atoms with Gasteiger partial charge in [-0.3, -0.25) is 4.90 Å². The van der Waals surface area contributed by atoms with E-state index in [9.17, 15) is 4.39 Å². The van der Waals surface area contributed by atoms with Crippen LogP contribution in [0.3, 0.4) is 0 Å². The van der Waals surface area contributed by atoms with Crippen LogP contribution in [0.4, 0.5) is 4.39 Å². The fraction of sp³-hybridized carbons (Fsp3) is 0.625. The molecule has 1 aromatic carbocycles. The van der Waals surface area contributed by atoms with Crippen molar-refractivity contribution in [3.63, 3.8) is 0 Å². The summed E-state index contributed by atoms with van der Waals surface area (Å²) in [5.41, 5.74) is 0.639. The summed E-state index contributed by atoms with van der Waals surface area (Å²) in [4.78, 5) is 2.56. The minimum absolute atomic E-state index is 0.0321. The number of benzene rings is 1. The van der Waals surface area contributed by atoms with Crippen molar-refractivity contribution in [3.05, 3.63) is 29.6 Å². The Balaban J connectivity index is 1.65. The molecule has 1 aliphatic heterocycles. The van der Waals surface area contributed by atoms with Crippen molar-refractivity contribution in [2.24, 2.45) is 0 Å². The zero-order chi connectivity index (χ0) is 14.1. The fourth-order valence-corrected chi connectivity index (χ4v) is 3.25. The molecule has 3 rings (SSSR count). The van der Waals surface area contributed by atoms with E-state index in [2.05, 4.69) is 10.2 Å². The summed E-state index contributed by atoms with van der Waals surface area (Å²) in [6.45, 7) is 4.27. The third-order valence-corrected chi connectivity index (χ3v) is 4.43. The van der Waals surface area contributed by atoms with Gasteiger partial charge in [0.15, 0.2) is 0 Å². The van der Waals surface area contributed by atoms with Crippen molar-refractivity contribution < 1.29 is 9.13 Å². The van der Waals surface area contributed by atoms with E-state index in [-0.39, 0.29) is 11.9 Å². The molecule has 2 aliphatic rings. The molecule has 1 aliphatic carbocycles. The van der Waals surface area contributed by atoms with Gasteiger partial charge < -0.3 is 10.1 Å². The summed E-state index contributed by atoms with van der Waals surface area (Å²) in [7, 11) is 1.59. The first kappa shape index (κ1) is 13.8. The van der Waals surface area contributed by atoms with E-state index in [1.54, 1.807) is 13.2 Å². The summed E-state index contributed by atoms with van der Waals surface area (Å²) in [5.74, 6) is 0.434. The first-order chi connectivity index (χ1) is 9.69. The summed E-state index contributed by atoms with van der Waals surface area (Å²) < 4.78 is 19.3. The highest BCUT2D eigenvalue weighted by Gasteiger charge is 2.35. The van der Waals surface area contributed by atoms with Gasteiger partial charge in [0, 0.05) is 36.8 Å². The number of hydrogen-bond donors (Lipinski definition) is 1. The molecule has 3 nitrogen and oxygen atoms in total. The number of methoxy groups -OCH3 is 1. The lowest BCUT2D eigenvalue weighted by Crippen LogP contribution is -2.35. The topological polar surface area (TPSA) is 24.5 Å². The smallest absolute Gasteiger partial charge is 0.131 e. The van der Waals surface area contributed by atoms with Crippen LogP contribution in [0.15, 0.2) is 18.2 Å². The van der Waals surface area contributed by atoms with Crippen molar-refractivity contribution in [2.75, 3.05) is 20.2 Å². The summed E-state index contributed by atoms with van der Waals surface area (Å²) >= 11 is 0. The Hall–Kier alpha value is -1.13. The van der Waals surface area contributed by atoms with Crippen LogP contribution in [0.1, 0.15) is 37.8 Å². The van der Waals surface area contributed by atoms with E-state index in [4.69, 9.17) is 4.74 Å². The second-order valence-electron chi connectivity index (χ2n) is 5.96. The number of nitrogens with one attached hydrogen (secondary N) is 1. The van der Waals surface area contributed by atoms with Crippen molar-refractivity contribution in [2.45, 2.75) is 44.3 Å². The first-order valence-electron chi connectivity index (χ1n) is 7.51. The molecule has 1 saturated carbocycles. The van der Waals surface area contributed by atoms with Crippen LogP contribution in [-0.2, 0) is 0 Å². The molecular formula is C16H23FN2O. The molecule has 1 saturated heterocycles. The zero-order valence-corrected chi connectivity index (χ0v) is 12.2. The maximum absolute atomic E-state index is 14.0. The number of likely N-dealkylation sites (tertiary alicyclic amines) is 1. The lowest BCUT2D eigenvalue weighted by Gasteiger charge is -2.22. The van der Waals surface area contributed by atoms with Gasteiger partial charge in [0.2, 0.25) is 0 Å². The van der Waals surface area contributed by atoms with E-state index in [1.165, 1.54) is 25.5 Å². The van der Waals surface area contributed by atoms with Gasteiger partial charge in [0.05, 0.1) is 7.11 Å². The lowest BCUT2D eigenvalue weighted by molar-refractivity contribution is 0.312. The lowest BCUT2D eigenvalue weighted by atomic mass is 10.0. The van der Waals surface area contributed by atoms with E-state index in [0.717, 1.165) is 19.0 Å². The van der Waals surface area contributed by atoms with Gasteiger partial charge in [-0.15, -0.1) is 0 Å². The third-order valence-electron chi connectivity index (χ3n) is 4.43. The number of rotatable bonds is 5. The molecule has 20 heavy (non-hydrogen) atoms. The molecule has 1 N–H and O–H groups in total. The van der Waals surface area contributed by atoms with E-state index < -0.39 is 0 Å². The molecule has 110 valence electrons. The van der Waals surface area contributed by atoms with Crippen LogP contribution >= 0.6 is 0 Å². The Morgan fingerprint density at radius 1 is 1.35 bits per heavy atom. The van der Waals surface area contributed by atoms with Crippen molar-refractivity contribution in [1.82, 2.24) is 10.2 Å². The Bertz CT molecular complexity index is 476. The predicted molar refractivity (Wildman–Crippen MR) is 77.5 cm³/mol. The minimum atomic E-state index is -0.193. The van der Waals surface area contributed by atoms with Crippen LogP contribution in [-0.4, -0.2) is 37.2 Å². The highest BCUT2D eigenvalue weighted by atomic mass is 19.1. The zero-order valence-electron chi connectivity index (χ0n) is 12.2. The molecule has 0 bridgehead atoms. The van der Waals surface area contributed by atoms with Crippen LogP contribution in [0, 0.1) is 5.82 Å². The van der Waals surface area contributed by atoms with Crippen molar-refractivity contribution in [3.8, 4) is 5.75 Å². The van der Waals surface area contributed by atoms with Crippen LogP contribution in [0.25, 0.3) is 0 Å². The Morgan fingerprint density at radius 3 is 2.85 bits per heavy atom. The average Bonchev–Trinajstić information content (AvgIpc) is 3.19. The van der Waals surface area contributed by atoms with Crippen LogP contribution < -0.4 is 10.1 Å². The highest BCUT2D eigenvalue weighted by molar-refractivity contribution is 5.37. The highest BCUT2D eigenvalue weighted by Crippen LogP contribution is 2.32. The maximum Gasteiger partial charge on any atom is 0.131 e. The van der Waals surface area contributed by atoms with Gasteiger partial charge in [-0.2, -0.15) is 0 Å². The molecule has 2 atom stereocenters. The molecule has 2 unspecified atom stereocenters. The number of halogens is 1. The average molecular weight is 278 g/mol. The molecule has 4 heteroatoms. The molecule has 2 fully saturated rings. The molecule has 1 heterocycles. The molecule has 0 radical (unpaired) electrons. The summed E-state index contributed by atoms with van der Waals surface area (Å²) in [6, 6.07) is 6.25. The molecule has 0 amide bonds. The molecular weight excluding hydrogens is 255 g/mol. The third kappa shape index (κ3) is 2.81. The van der Waals surface area contributed by atoms with Crippen molar-refractivity contribution in [1.29, 1.82) is 0 Å². The molecule has 1 aromatic rings. The van der Waals surface area contributed by atoms with Gasteiger partial charge in [-0.05, 0) is 38.3 Å². The predicted octanol–water partition coefficient (Wildman–Crippen LogP) is 2.72. The number of hydrogen-bond acceptors (Lipinski definition) is 3. The van der Waals surface area contributed by atoms with Gasteiger partial charge in [0.25, 0.3) is 0 Å². The number of nitrogens with zero attached hydrogens (tertiary/aromatic N) is 1. The maximum atomic E-state index is 14.0. The second kappa shape index (κ2) is 5.70. The summed E-state index contributed by atoms with van der Waals surface area (Å²) in [5, 5.41) is 3.56. The Labute approximate surface area is 120 Å². The quantitative estimate of drug-likeness (QED) is 0.896. The minimum Gasteiger partial charge on any atom is -0.496 e. The van der Waals surface area contributed by atoms with Gasteiger partial charge in [0.1, 0.15) is 11.6 Å². The van der Waals surface area contributed by atoms with Crippen LogP contribution in [0.5, 0.6) is 5.75 Å². The Kier molecular flexibility index (Phi) is 3.94. The fourth-order valence-electron chi connectivity index (χ4n) is 3.25. The number of ether oxygens (including phenoxy) is 1. The van der Waals surface area contributed by atoms with Crippen LogP contribution in [0.2, 0.25) is 0 Å². The normalized spacial score (nSPS) is 24.9.